The maximum atomic E-state index is 11.7. The third kappa shape index (κ3) is 4.38. The summed E-state index contributed by atoms with van der Waals surface area (Å²) in [5, 5.41) is 4.90. The Balaban J connectivity index is 1.64. The molecule has 0 aliphatic carbocycles. The van der Waals surface area contributed by atoms with E-state index in [0.29, 0.717) is 6.54 Å². The number of hydrogen-bond acceptors (Lipinski definition) is 5. The van der Waals surface area contributed by atoms with Gasteiger partial charge in [-0.05, 0) is 0 Å². The number of nitrogens with one attached hydrogen (secondary N) is 1. The van der Waals surface area contributed by atoms with E-state index < -0.39 is 9.84 Å². The number of aromatic nitrogens is 2. The fraction of sp³-hybridized carbons (Fsp3) is 0.500. The summed E-state index contributed by atoms with van der Waals surface area (Å²) in [5.41, 5.74) is 0. The number of allylic oxidation sites excluding steroid dienone is 1. The first-order valence-corrected chi connectivity index (χ1v) is 8.94. The standard InChI is InChI=1S/C12H17N3O3S2/c1-15-5-3-14-12(15)19-6-4-13-11(16)8-10-2-7-20(17,18)9-10/h2-3,5,7,10H,4,6,8-9H2,1H3,(H,13,16)/t10-/m0/s1. The summed E-state index contributed by atoms with van der Waals surface area (Å²) in [6, 6.07) is 0. The number of aryl methyl sites for hydroxylation is 1. The van der Waals surface area contributed by atoms with E-state index in [4.69, 9.17) is 0 Å². The predicted molar refractivity (Wildman–Crippen MR) is 78.0 cm³/mol. The minimum absolute atomic E-state index is 0.0441. The van der Waals surface area contributed by atoms with Crippen molar-refractivity contribution in [3.05, 3.63) is 23.9 Å². The van der Waals surface area contributed by atoms with E-state index in [-0.39, 0.29) is 24.0 Å². The Morgan fingerprint density at radius 2 is 2.40 bits per heavy atom. The molecule has 110 valence electrons. The van der Waals surface area contributed by atoms with E-state index in [9.17, 15) is 13.2 Å². The SMILES string of the molecule is Cn1ccnc1SCCNC(=O)C[C@@H]1C=CS(=O)(=O)C1. The molecule has 1 N–H and O–H groups in total. The second kappa shape index (κ2) is 6.45. The predicted octanol–water partition coefficient (Wildman–Crippen LogP) is 0.577. The summed E-state index contributed by atoms with van der Waals surface area (Å²) in [7, 11) is -1.16. The van der Waals surface area contributed by atoms with E-state index in [1.54, 1.807) is 24.0 Å². The van der Waals surface area contributed by atoms with Gasteiger partial charge < -0.3 is 9.88 Å². The molecule has 0 unspecified atom stereocenters. The molecule has 1 aliphatic rings. The first kappa shape index (κ1) is 15.1. The number of nitrogens with zero attached hydrogens (tertiary/aromatic N) is 2. The lowest BCUT2D eigenvalue weighted by Crippen LogP contribution is -2.28. The summed E-state index contributed by atoms with van der Waals surface area (Å²) < 4.78 is 24.3. The number of thioether (sulfide) groups is 1. The molecule has 20 heavy (non-hydrogen) atoms. The molecule has 0 bridgehead atoms. The third-order valence-electron chi connectivity index (χ3n) is 2.88. The first-order chi connectivity index (χ1) is 9.46. The van der Waals surface area contributed by atoms with Gasteiger partial charge in [-0.1, -0.05) is 17.8 Å². The van der Waals surface area contributed by atoms with E-state index in [0.717, 1.165) is 10.9 Å². The van der Waals surface area contributed by atoms with Gasteiger partial charge >= 0.3 is 0 Å². The van der Waals surface area contributed by atoms with Crippen molar-refractivity contribution in [1.82, 2.24) is 14.9 Å². The summed E-state index contributed by atoms with van der Waals surface area (Å²) in [6.45, 7) is 0.541. The van der Waals surface area contributed by atoms with Crippen molar-refractivity contribution in [3.63, 3.8) is 0 Å². The molecule has 0 radical (unpaired) electrons. The van der Waals surface area contributed by atoms with Crippen LogP contribution in [0.5, 0.6) is 0 Å². The van der Waals surface area contributed by atoms with Gasteiger partial charge in [0.05, 0.1) is 5.75 Å². The summed E-state index contributed by atoms with van der Waals surface area (Å²) in [5.74, 6) is 0.470. The molecule has 0 saturated heterocycles. The lowest BCUT2D eigenvalue weighted by atomic mass is 10.1. The number of imidazole rings is 1. The highest BCUT2D eigenvalue weighted by Gasteiger charge is 2.23. The fourth-order valence-corrected chi connectivity index (χ4v) is 4.09. The van der Waals surface area contributed by atoms with Gasteiger partial charge in [0.2, 0.25) is 5.91 Å². The number of amides is 1. The van der Waals surface area contributed by atoms with Crippen LogP contribution in [-0.4, -0.2) is 41.9 Å². The molecule has 1 amide bonds. The number of carbonyl (C=O) groups is 1. The fourth-order valence-electron chi connectivity index (χ4n) is 1.90. The smallest absolute Gasteiger partial charge is 0.220 e. The van der Waals surface area contributed by atoms with Crippen LogP contribution in [0.15, 0.2) is 29.0 Å². The van der Waals surface area contributed by atoms with Crippen molar-refractivity contribution < 1.29 is 13.2 Å². The van der Waals surface area contributed by atoms with Gasteiger partial charge in [-0.25, -0.2) is 13.4 Å². The van der Waals surface area contributed by atoms with E-state index in [1.807, 2.05) is 17.8 Å². The Morgan fingerprint density at radius 3 is 3.00 bits per heavy atom. The Bertz CT molecular complexity index is 607. The monoisotopic (exact) mass is 315 g/mol. The highest BCUT2D eigenvalue weighted by molar-refractivity contribution is 7.99. The summed E-state index contributed by atoms with van der Waals surface area (Å²) in [4.78, 5) is 15.8. The lowest BCUT2D eigenvalue weighted by molar-refractivity contribution is -0.121. The number of hydrogen-bond donors (Lipinski definition) is 1. The number of rotatable bonds is 6. The van der Waals surface area contributed by atoms with Crippen LogP contribution in [0.4, 0.5) is 0 Å². The van der Waals surface area contributed by atoms with E-state index >= 15 is 0 Å². The van der Waals surface area contributed by atoms with Crippen molar-refractivity contribution in [2.24, 2.45) is 13.0 Å². The van der Waals surface area contributed by atoms with E-state index in [2.05, 4.69) is 10.3 Å². The average molecular weight is 315 g/mol. The Hall–Kier alpha value is -1.28. The molecular formula is C12H17N3O3S2. The number of carbonyl (C=O) groups excluding carboxylic acids is 1. The molecule has 1 aromatic heterocycles. The van der Waals surface area contributed by atoms with Gasteiger partial charge in [-0.2, -0.15) is 0 Å². The Morgan fingerprint density at radius 1 is 1.60 bits per heavy atom. The van der Waals surface area contributed by atoms with Gasteiger partial charge in [-0.3, -0.25) is 4.79 Å². The van der Waals surface area contributed by atoms with E-state index in [1.165, 1.54) is 5.41 Å². The van der Waals surface area contributed by atoms with Gasteiger partial charge in [-0.15, -0.1) is 0 Å². The third-order valence-corrected chi connectivity index (χ3v) is 5.41. The molecule has 6 nitrogen and oxygen atoms in total. The van der Waals surface area contributed by atoms with Crippen molar-refractivity contribution >= 4 is 27.5 Å². The maximum Gasteiger partial charge on any atom is 0.220 e. The first-order valence-electron chi connectivity index (χ1n) is 6.24. The summed E-state index contributed by atoms with van der Waals surface area (Å²) >= 11 is 1.57. The van der Waals surface area contributed by atoms with Crippen LogP contribution >= 0.6 is 11.8 Å². The molecule has 2 heterocycles. The minimum atomic E-state index is -3.08. The van der Waals surface area contributed by atoms with Crippen LogP contribution in [0.3, 0.4) is 0 Å². The van der Waals surface area contributed by atoms with Crippen LogP contribution in [0.2, 0.25) is 0 Å². The van der Waals surface area contributed by atoms with Gasteiger partial charge in [0, 0.05) is 49.5 Å². The molecule has 1 aromatic rings. The summed E-state index contributed by atoms with van der Waals surface area (Å²) in [6.07, 6.45) is 5.42. The molecular weight excluding hydrogens is 298 g/mol. The largest absolute Gasteiger partial charge is 0.355 e. The lowest BCUT2D eigenvalue weighted by Gasteiger charge is -2.08. The molecule has 8 heteroatoms. The molecule has 2 rings (SSSR count). The quantitative estimate of drug-likeness (QED) is 0.613. The zero-order valence-electron chi connectivity index (χ0n) is 11.2. The highest BCUT2D eigenvalue weighted by atomic mass is 32.2. The maximum absolute atomic E-state index is 11.7. The second-order valence-corrected chi connectivity index (χ2v) is 7.63. The zero-order valence-corrected chi connectivity index (χ0v) is 12.8. The van der Waals surface area contributed by atoms with Crippen LogP contribution in [0.25, 0.3) is 0 Å². The van der Waals surface area contributed by atoms with Crippen LogP contribution in [-0.2, 0) is 21.7 Å². The average Bonchev–Trinajstić information content (AvgIpc) is 2.91. The number of sulfone groups is 1. The van der Waals surface area contributed by atoms with Crippen LogP contribution < -0.4 is 5.32 Å². The van der Waals surface area contributed by atoms with Crippen molar-refractivity contribution in [3.8, 4) is 0 Å². The van der Waals surface area contributed by atoms with Gasteiger partial charge in [0.25, 0.3) is 0 Å². The molecule has 1 atom stereocenters. The molecule has 0 spiro atoms. The normalized spacial score (nSPS) is 20.1. The molecule has 1 aliphatic heterocycles. The highest BCUT2D eigenvalue weighted by Crippen LogP contribution is 2.18. The van der Waals surface area contributed by atoms with Crippen LogP contribution in [0, 0.1) is 5.92 Å². The zero-order chi connectivity index (χ0) is 14.6. The van der Waals surface area contributed by atoms with Crippen LogP contribution in [0.1, 0.15) is 6.42 Å². The topological polar surface area (TPSA) is 81.1 Å². The Labute approximate surface area is 122 Å². The molecule has 0 aromatic carbocycles. The van der Waals surface area contributed by atoms with Crippen molar-refractivity contribution in [1.29, 1.82) is 0 Å². The molecule has 0 fully saturated rings. The van der Waals surface area contributed by atoms with Gasteiger partial charge in [0.1, 0.15) is 0 Å². The second-order valence-electron chi connectivity index (χ2n) is 4.64. The van der Waals surface area contributed by atoms with Crippen molar-refractivity contribution in [2.75, 3.05) is 18.1 Å². The van der Waals surface area contributed by atoms with Gasteiger partial charge in [0.15, 0.2) is 15.0 Å². The minimum Gasteiger partial charge on any atom is -0.355 e. The Kier molecular flexibility index (Phi) is 4.87. The van der Waals surface area contributed by atoms with Crippen molar-refractivity contribution in [2.45, 2.75) is 11.6 Å². The molecule has 0 saturated carbocycles.